The van der Waals surface area contributed by atoms with Gasteiger partial charge in [0.25, 0.3) is 0 Å². The first kappa shape index (κ1) is 22.0. The fraction of sp³-hybridized carbons (Fsp3) is 0.333. The maximum atomic E-state index is 15.3. The van der Waals surface area contributed by atoms with E-state index in [-0.39, 0.29) is 29.2 Å². The Morgan fingerprint density at radius 2 is 1.88 bits per heavy atom. The highest BCUT2D eigenvalue weighted by Gasteiger charge is 2.37. The molecule has 2 N–H and O–H groups in total. The highest BCUT2D eigenvalue weighted by atomic mass is 19.1. The molecule has 1 aromatic heterocycles. The number of likely N-dealkylation sites (N-methyl/N-ethyl adjacent to an activating group) is 1. The summed E-state index contributed by atoms with van der Waals surface area (Å²) in [7, 11) is 0. The van der Waals surface area contributed by atoms with Crippen LogP contribution in [0.5, 0.6) is 0 Å². The van der Waals surface area contributed by atoms with Gasteiger partial charge in [0.1, 0.15) is 17.7 Å². The molecule has 1 aliphatic rings. The molecule has 1 aliphatic heterocycles. The lowest BCUT2D eigenvalue weighted by Gasteiger charge is -2.21. The third-order valence-electron chi connectivity index (χ3n) is 5.94. The number of benzene rings is 2. The van der Waals surface area contributed by atoms with Crippen LogP contribution in [0.2, 0.25) is 0 Å². The molecule has 2 heterocycles. The van der Waals surface area contributed by atoms with E-state index >= 15 is 4.39 Å². The number of nitrogens with zero attached hydrogens (tertiary/aromatic N) is 3. The van der Waals surface area contributed by atoms with E-state index in [2.05, 4.69) is 5.43 Å². The molecule has 0 radical (unpaired) electrons. The number of hydrazine groups is 1. The van der Waals surface area contributed by atoms with Crippen molar-refractivity contribution in [2.45, 2.75) is 39.9 Å². The van der Waals surface area contributed by atoms with Crippen molar-refractivity contribution in [1.29, 1.82) is 0 Å². The second kappa shape index (κ2) is 8.37. The van der Waals surface area contributed by atoms with Crippen molar-refractivity contribution in [3.63, 3.8) is 0 Å². The van der Waals surface area contributed by atoms with Crippen LogP contribution in [0.3, 0.4) is 0 Å². The van der Waals surface area contributed by atoms with Gasteiger partial charge in [-0.15, -0.1) is 0 Å². The average Bonchev–Trinajstić information content (AvgIpc) is 3.09. The predicted molar refractivity (Wildman–Crippen MR) is 123 cm³/mol. The number of aliphatic hydroxyl groups is 1. The summed E-state index contributed by atoms with van der Waals surface area (Å²) in [4.78, 5) is 27.6. The summed E-state index contributed by atoms with van der Waals surface area (Å²) in [5, 5.41) is 10.9. The van der Waals surface area contributed by atoms with Crippen molar-refractivity contribution in [2.75, 3.05) is 18.2 Å². The number of carbonyl (C=O) groups is 1. The molecule has 2 aromatic carbocycles. The van der Waals surface area contributed by atoms with Crippen LogP contribution in [0.25, 0.3) is 22.0 Å². The Bertz CT molecular complexity index is 1250. The zero-order valence-electron chi connectivity index (χ0n) is 18.6. The van der Waals surface area contributed by atoms with Crippen LogP contribution in [-0.4, -0.2) is 39.9 Å². The van der Waals surface area contributed by atoms with E-state index in [0.717, 1.165) is 16.1 Å². The van der Waals surface area contributed by atoms with Crippen LogP contribution in [0.15, 0.2) is 47.4 Å². The van der Waals surface area contributed by atoms with E-state index in [0.29, 0.717) is 17.6 Å². The van der Waals surface area contributed by atoms with Crippen LogP contribution < -0.4 is 15.9 Å². The molecule has 2 amide bonds. The molecule has 4 rings (SSSR count). The number of fused-ring (bicyclic) bond motifs is 1. The van der Waals surface area contributed by atoms with Crippen molar-refractivity contribution in [3.8, 4) is 11.1 Å². The van der Waals surface area contributed by atoms with Gasteiger partial charge < -0.3 is 14.6 Å². The summed E-state index contributed by atoms with van der Waals surface area (Å²) in [6, 6.07) is 9.84. The number of aryl methyl sites for hydroxylation is 1. The summed E-state index contributed by atoms with van der Waals surface area (Å²) >= 11 is 0. The van der Waals surface area contributed by atoms with Gasteiger partial charge >= 0.3 is 6.03 Å². The smallest absolute Gasteiger partial charge is 0.340 e. The van der Waals surface area contributed by atoms with Crippen molar-refractivity contribution < 1.29 is 14.3 Å². The quantitative estimate of drug-likeness (QED) is 0.636. The lowest BCUT2D eigenvalue weighted by molar-refractivity contribution is 0.156. The number of urea groups is 1. The van der Waals surface area contributed by atoms with E-state index in [4.69, 9.17) is 0 Å². The predicted octanol–water partition coefficient (Wildman–Crippen LogP) is 3.78. The molecule has 0 bridgehead atoms. The van der Waals surface area contributed by atoms with Gasteiger partial charge in [-0.25, -0.2) is 19.6 Å². The van der Waals surface area contributed by atoms with Crippen molar-refractivity contribution in [3.05, 3.63) is 64.2 Å². The molecule has 3 aromatic rings. The molecule has 32 heavy (non-hydrogen) atoms. The Hall–Kier alpha value is -3.23. The lowest BCUT2D eigenvalue weighted by Crippen LogP contribution is -2.41. The Labute approximate surface area is 185 Å². The van der Waals surface area contributed by atoms with E-state index < -0.39 is 18.0 Å². The minimum Gasteiger partial charge on any atom is -0.393 e. The fourth-order valence-electron chi connectivity index (χ4n) is 4.23. The molecule has 7 nitrogen and oxygen atoms in total. The Balaban J connectivity index is 1.94. The summed E-state index contributed by atoms with van der Waals surface area (Å²) in [6.45, 7) is 7.74. The molecule has 1 fully saturated rings. The molecular weight excluding hydrogens is 411 g/mol. The number of hydrogen-bond acceptors (Lipinski definition) is 4. The molecule has 1 atom stereocenters. The van der Waals surface area contributed by atoms with Crippen molar-refractivity contribution in [1.82, 2.24) is 14.9 Å². The Kier molecular flexibility index (Phi) is 5.75. The topological polar surface area (TPSA) is 77.8 Å². The maximum Gasteiger partial charge on any atom is 0.340 e. The number of nitrogens with one attached hydrogen (secondary N) is 1. The molecular formula is C24H27FN4O3. The zero-order chi connectivity index (χ0) is 23.2. The van der Waals surface area contributed by atoms with Gasteiger partial charge in [0.2, 0.25) is 0 Å². The number of pyridine rings is 1. The minimum atomic E-state index is -0.692. The van der Waals surface area contributed by atoms with Gasteiger partial charge in [-0.05, 0) is 51.0 Å². The summed E-state index contributed by atoms with van der Waals surface area (Å²) in [6.07, 6.45) is 1.16. The first-order valence-electron chi connectivity index (χ1n) is 10.7. The molecule has 0 aliphatic carbocycles. The third kappa shape index (κ3) is 3.45. The van der Waals surface area contributed by atoms with E-state index in [1.165, 1.54) is 17.0 Å². The summed E-state index contributed by atoms with van der Waals surface area (Å²) in [5.74, 6) is -0.692. The number of halogens is 1. The van der Waals surface area contributed by atoms with Crippen LogP contribution in [-0.2, 0) is 0 Å². The zero-order valence-corrected chi connectivity index (χ0v) is 18.6. The molecule has 8 heteroatoms. The van der Waals surface area contributed by atoms with Gasteiger partial charge in [-0.2, -0.15) is 0 Å². The fourth-order valence-corrected chi connectivity index (χ4v) is 4.23. The van der Waals surface area contributed by atoms with Gasteiger partial charge in [0, 0.05) is 29.7 Å². The second-order valence-electron chi connectivity index (χ2n) is 8.24. The monoisotopic (exact) mass is 438 g/mol. The van der Waals surface area contributed by atoms with Crippen LogP contribution in [0.1, 0.15) is 32.4 Å². The number of aliphatic hydroxyl groups excluding tert-OH is 1. The number of hydrogen-bond donors (Lipinski definition) is 2. The number of amides is 2. The number of carbonyl (C=O) groups excluding carboxylic acids is 1. The molecule has 168 valence electrons. The molecule has 0 spiro atoms. The highest BCUT2D eigenvalue weighted by molar-refractivity contribution is 5.96. The lowest BCUT2D eigenvalue weighted by atomic mass is 9.99. The van der Waals surface area contributed by atoms with Gasteiger partial charge in [0.05, 0.1) is 12.1 Å². The standard InChI is InChI=1S/C24H27FN4O3/c1-5-27-22(13-30)26-29(24(27)32)21-11-20-17(10-19(21)25)23(31)18(12-28(20)14(2)3)16-9-7-6-8-15(16)4/h6-12,14,22,26,30H,5,13H2,1-4H3. The SMILES string of the molecule is CCN1C(=O)N(c2cc3c(cc2F)c(=O)c(-c2ccccc2C)cn3C(C)C)NC1CO. The normalized spacial score (nSPS) is 16.6. The first-order chi connectivity index (χ1) is 15.3. The van der Waals surface area contributed by atoms with Gasteiger partial charge in [0.15, 0.2) is 5.43 Å². The van der Waals surface area contributed by atoms with Crippen LogP contribution in [0, 0.1) is 12.7 Å². The third-order valence-corrected chi connectivity index (χ3v) is 5.94. The molecule has 1 saturated heterocycles. The first-order valence-corrected chi connectivity index (χ1v) is 10.7. The minimum absolute atomic E-state index is 0.00865. The van der Waals surface area contributed by atoms with Gasteiger partial charge in [-0.1, -0.05) is 24.3 Å². The van der Waals surface area contributed by atoms with Crippen molar-refractivity contribution in [2.24, 2.45) is 0 Å². The number of rotatable bonds is 5. The highest BCUT2D eigenvalue weighted by Crippen LogP contribution is 2.31. The Morgan fingerprint density at radius 3 is 2.47 bits per heavy atom. The number of anilines is 1. The maximum absolute atomic E-state index is 15.3. The van der Waals surface area contributed by atoms with Crippen LogP contribution in [0.4, 0.5) is 14.9 Å². The van der Waals surface area contributed by atoms with E-state index in [1.807, 2.05) is 49.6 Å². The van der Waals surface area contributed by atoms with Crippen molar-refractivity contribution >= 4 is 22.6 Å². The Morgan fingerprint density at radius 1 is 1.16 bits per heavy atom. The van der Waals surface area contributed by atoms with Gasteiger partial charge in [-0.3, -0.25) is 4.79 Å². The molecule has 0 saturated carbocycles. The summed E-state index contributed by atoms with van der Waals surface area (Å²) < 4.78 is 17.2. The van der Waals surface area contributed by atoms with E-state index in [1.54, 1.807) is 13.1 Å². The second-order valence-corrected chi connectivity index (χ2v) is 8.24. The largest absolute Gasteiger partial charge is 0.393 e. The average molecular weight is 439 g/mol. The van der Waals surface area contributed by atoms with E-state index in [9.17, 15) is 14.7 Å². The van der Waals surface area contributed by atoms with Crippen LogP contribution >= 0.6 is 0 Å². The summed E-state index contributed by atoms with van der Waals surface area (Å²) in [5.41, 5.74) is 5.40. The number of aromatic nitrogens is 1. The molecule has 1 unspecified atom stereocenters.